The van der Waals surface area contributed by atoms with Crippen molar-refractivity contribution in [2.24, 2.45) is 0 Å². The lowest BCUT2D eigenvalue weighted by molar-refractivity contribution is -0.123. The molecule has 5 amide bonds. The number of fused-ring (bicyclic) bond motifs is 1. The van der Waals surface area contributed by atoms with Crippen molar-refractivity contribution in [2.75, 3.05) is 4.90 Å². The summed E-state index contributed by atoms with van der Waals surface area (Å²) in [7, 11) is 0. The van der Waals surface area contributed by atoms with E-state index in [1.54, 1.807) is 41.3 Å². The molecule has 5 rings (SSSR count). The topological polar surface area (TPSA) is 114 Å². The molecule has 0 radical (unpaired) electrons. The Hall–Kier alpha value is -4.92. The molecule has 2 aromatic carbocycles. The van der Waals surface area contributed by atoms with E-state index in [2.05, 4.69) is 10.6 Å². The second-order valence-corrected chi connectivity index (χ2v) is 8.76. The summed E-state index contributed by atoms with van der Waals surface area (Å²) in [5, 5.41) is 5.84. The number of hydrogen-bond donors (Lipinski definition) is 2. The number of benzene rings is 2. The van der Waals surface area contributed by atoms with E-state index in [0.29, 0.717) is 17.0 Å². The van der Waals surface area contributed by atoms with E-state index in [9.17, 15) is 19.2 Å². The summed E-state index contributed by atoms with van der Waals surface area (Å²) in [6, 6.07) is 15.4. The van der Waals surface area contributed by atoms with Crippen molar-refractivity contribution >= 4 is 46.4 Å². The fourth-order valence-electron chi connectivity index (χ4n) is 4.34. The maximum Gasteiger partial charge on any atom is 0.335 e. The Kier molecular flexibility index (Phi) is 6.19. The highest BCUT2D eigenvalue weighted by Gasteiger charge is 2.37. The Balaban J connectivity index is 1.48. The Bertz CT molecular complexity index is 1580. The molecule has 186 valence electrons. The average Bonchev–Trinajstić information content (AvgIpc) is 3.51. The minimum atomic E-state index is -0.795. The van der Waals surface area contributed by atoms with Crippen LogP contribution in [0.5, 0.6) is 0 Å². The van der Waals surface area contributed by atoms with Crippen molar-refractivity contribution < 1.29 is 23.6 Å². The number of aromatic nitrogens is 1. The molecular weight excluding hydrogens is 472 g/mol. The maximum atomic E-state index is 13.4. The van der Waals surface area contributed by atoms with Crippen molar-refractivity contribution in [3.63, 3.8) is 0 Å². The zero-order valence-corrected chi connectivity index (χ0v) is 20.3. The third-order valence-electron chi connectivity index (χ3n) is 6.39. The van der Waals surface area contributed by atoms with Crippen LogP contribution in [-0.4, -0.2) is 28.3 Å². The van der Waals surface area contributed by atoms with Crippen LogP contribution in [0.4, 0.5) is 10.5 Å². The van der Waals surface area contributed by atoms with Crippen LogP contribution in [0, 0.1) is 13.8 Å². The highest BCUT2D eigenvalue weighted by Crippen LogP contribution is 2.29. The molecule has 3 heterocycles. The first-order valence-corrected chi connectivity index (χ1v) is 11.7. The first kappa shape index (κ1) is 23.8. The molecule has 2 aromatic heterocycles. The Labute approximate surface area is 212 Å². The fraction of sp³-hybridized carbons (Fsp3) is 0.143. The van der Waals surface area contributed by atoms with E-state index >= 15 is 0 Å². The molecule has 1 aliphatic rings. The second-order valence-electron chi connectivity index (χ2n) is 8.76. The number of furan rings is 1. The van der Waals surface area contributed by atoms with Gasteiger partial charge in [-0.2, -0.15) is 0 Å². The number of urea groups is 1. The van der Waals surface area contributed by atoms with E-state index in [0.717, 1.165) is 26.9 Å². The third kappa shape index (κ3) is 4.54. The van der Waals surface area contributed by atoms with Crippen molar-refractivity contribution in [3.05, 3.63) is 95.1 Å². The fourth-order valence-corrected chi connectivity index (χ4v) is 4.34. The monoisotopic (exact) mass is 496 g/mol. The normalized spacial score (nSPS) is 14.9. The van der Waals surface area contributed by atoms with Gasteiger partial charge in [-0.15, -0.1) is 0 Å². The van der Waals surface area contributed by atoms with Gasteiger partial charge in [0.1, 0.15) is 17.9 Å². The Morgan fingerprint density at radius 1 is 1.03 bits per heavy atom. The van der Waals surface area contributed by atoms with Crippen molar-refractivity contribution in [1.82, 2.24) is 15.2 Å². The van der Waals surface area contributed by atoms with Crippen molar-refractivity contribution in [2.45, 2.75) is 26.9 Å². The number of anilines is 1. The summed E-state index contributed by atoms with van der Waals surface area (Å²) in [5.41, 5.74) is 3.24. The SMILES string of the molecule is Cc1cccc(N2C(=O)NC(=O)/C(=C\c3cn(CC(=O)NCc4ccco4)c4ccccc34)C2=O)c1C. The van der Waals surface area contributed by atoms with Crippen LogP contribution >= 0.6 is 0 Å². The van der Waals surface area contributed by atoms with Crippen molar-refractivity contribution in [3.8, 4) is 0 Å². The molecule has 1 saturated heterocycles. The summed E-state index contributed by atoms with van der Waals surface area (Å²) in [5.74, 6) is -1.07. The summed E-state index contributed by atoms with van der Waals surface area (Å²) in [6.07, 6.45) is 4.71. The largest absolute Gasteiger partial charge is 0.467 e. The van der Waals surface area contributed by atoms with E-state index < -0.39 is 17.8 Å². The van der Waals surface area contributed by atoms with Gasteiger partial charge < -0.3 is 14.3 Å². The number of hydrogen-bond acceptors (Lipinski definition) is 5. The number of nitrogens with one attached hydrogen (secondary N) is 2. The summed E-state index contributed by atoms with van der Waals surface area (Å²) in [6.45, 7) is 3.98. The molecule has 0 bridgehead atoms. The summed E-state index contributed by atoms with van der Waals surface area (Å²) in [4.78, 5) is 52.4. The van der Waals surface area contributed by atoms with Gasteiger partial charge in [0.25, 0.3) is 11.8 Å². The summed E-state index contributed by atoms with van der Waals surface area (Å²) >= 11 is 0. The molecule has 9 heteroatoms. The lowest BCUT2D eigenvalue weighted by atomic mass is 10.0. The minimum Gasteiger partial charge on any atom is -0.467 e. The molecule has 0 atom stereocenters. The first-order valence-electron chi connectivity index (χ1n) is 11.7. The molecule has 0 aliphatic carbocycles. The zero-order chi connectivity index (χ0) is 26.1. The molecule has 0 saturated carbocycles. The van der Waals surface area contributed by atoms with Gasteiger partial charge in [0, 0.05) is 22.7 Å². The minimum absolute atomic E-state index is 0.0254. The number of para-hydroxylation sites is 1. The van der Waals surface area contributed by atoms with Gasteiger partial charge in [-0.3, -0.25) is 19.7 Å². The number of amides is 5. The maximum absolute atomic E-state index is 13.4. The number of aryl methyl sites for hydroxylation is 1. The van der Waals surface area contributed by atoms with E-state index in [1.807, 2.05) is 44.2 Å². The highest BCUT2D eigenvalue weighted by atomic mass is 16.3. The predicted octanol–water partition coefficient (Wildman–Crippen LogP) is 3.83. The number of barbiturate groups is 1. The average molecular weight is 497 g/mol. The molecule has 2 N–H and O–H groups in total. The van der Waals surface area contributed by atoms with E-state index in [-0.39, 0.29) is 24.6 Å². The van der Waals surface area contributed by atoms with Gasteiger partial charge in [0.05, 0.1) is 18.5 Å². The van der Waals surface area contributed by atoms with E-state index in [1.165, 1.54) is 6.08 Å². The number of carbonyl (C=O) groups is 4. The second kappa shape index (κ2) is 9.62. The van der Waals surface area contributed by atoms with Gasteiger partial charge in [-0.1, -0.05) is 30.3 Å². The van der Waals surface area contributed by atoms with E-state index in [4.69, 9.17) is 4.42 Å². The van der Waals surface area contributed by atoms with Gasteiger partial charge >= 0.3 is 6.03 Å². The molecule has 4 aromatic rings. The van der Waals surface area contributed by atoms with Crippen molar-refractivity contribution in [1.29, 1.82) is 0 Å². The Morgan fingerprint density at radius 3 is 2.62 bits per heavy atom. The number of carbonyl (C=O) groups excluding carboxylic acids is 4. The first-order chi connectivity index (χ1) is 17.8. The zero-order valence-electron chi connectivity index (χ0n) is 20.3. The Morgan fingerprint density at radius 2 is 1.84 bits per heavy atom. The molecule has 0 unspecified atom stereocenters. The predicted molar refractivity (Wildman–Crippen MR) is 137 cm³/mol. The molecule has 0 spiro atoms. The molecule has 9 nitrogen and oxygen atoms in total. The van der Waals surface area contributed by atoms with Crippen LogP contribution in [0.25, 0.3) is 17.0 Å². The van der Waals surface area contributed by atoms with Crippen LogP contribution in [0.1, 0.15) is 22.5 Å². The molecule has 37 heavy (non-hydrogen) atoms. The van der Waals surface area contributed by atoms with Crippen LogP contribution < -0.4 is 15.5 Å². The lowest BCUT2D eigenvalue weighted by Gasteiger charge is -2.28. The lowest BCUT2D eigenvalue weighted by Crippen LogP contribution is -2.54. The van der Waals surface area contributed by atoms with Crippen LogP contribution in [-0.2, 0) is 27.5 Å². The van der Waals surface area contributed by atoms with Crippen LogP contribution in [0.15, 0.2) is 77.0 Å². The number of rotatable bonds is 6. The molecule has 1 fully saturated rings. The quantitative estimate of drug-likeness (QED) is 0.311. The third-order valence-corrected chi connectivity index (χ3v) is 6.39. The van der Waals surface area contributed by atoms with Gasteiger partial charge in [0.2, 0.25) is 5.91 Å². The highest BCUT2D eigenvalue weighted by molar-refractivity contribution is 6.39. The smallest absolute Gasteiger partial charge is 0.335 e. The van der Waals surface area contributed by atoms with Crippen LogP contribution in [0.3, 0.4) is 0 Å². The van der Waals surface area contributed by atoms with Gasteiger partial charge in [0.15, 0.2) is 0 Å². The summed E-state index contributed by atoms with van der Waals surface area (Å²) < 4.78 is 7.00. The molecular formula is C28H24N4O5. The molecule has 1 aliphatic heterocycles. The van der Waals surface area contributed by atoms with Gasteiger partial charge in [-0.05, 0) is 55.3 Å². The van der Waals surface area contributed by atoms with Gasteiger partial charge in [-0.25, -0.2) is 9.69 Å². The number of nitrogens with zero attached hydrogens (tertiary/aromatic N) is 2. The number of imide groups is 2. The van der Waals surface area contributed by atoms with Crippen LogP contribution in [0.2, 0.25) is 0 Å². The standard InChI is InChI=1S/C28H24N4O5/c1-17-7-5-11-23(18(17)2)32-27(35)22(26(34)30-28(32)36)13-19-15-31(24-10-4-3-9-21(19)24)16-25(33)29-14-20-8-6-12-37-20/h3-13,15H,14,16H2,1-2H3,(H,29,33)(H,30,34,36)/b22-13+.